The van der Waals surface area contributed by atoms with Crippen LogP contribution >= 0.6 is 0 Å². The average molecular weight is 691 g/mol. The molecule has 2 aliphatic rings. The number of nitrogens with zero attached hydrogens (tertiary/aromatic N) is 6. The third-order valence-corrected chi connectivity index (χ3v) is 10.3. The normalized spacial score (nSPS) is 15.6. The first kappa shape index (κ1) is 34.4. The minimum Gasteiger partial charge on any atom is -0.497 e. The van der Waals surface area contributed by atoms with Crippen molar-refractivity contribution in [1.29, 1.82) is 0 Å². The van der Waals surface area contributed by atoms with Gasteiger partial charge < -0.3 is 23.3 Å². The van der Waals surface area contributed by atoms with Gasteiger partial charge in [-0.2, -0.15) is 0 Å². The van der Waals surface area contributed by atoms with Gasteiger partial charge in [0.15, 0.2) is 0 Å². The molecular weight excluding hydrogens is 644 g/mol. The third-order valence-electron chi connectivity index (χ3n) is 10.3. The molecule has 0 aliphatic carbocycles. The van der Waals surface area contributed by atoms with Crippen molar-refractivity contribution < 1.29 is 14.2 Å². The molecule has 6 heterocycles. The number of aromatic nitrogens is 6. The molecule has 0 saturated carbocycles. The Labute approximate surface area is 297 Å². The number of hydrogen-bond donors (Lipinski definition) is 0. The van der Waals surface area contributed by atoms with Crippen LogP contribution in [0.4, 0.5) is 0 Å². The molecule has 266 valence electrons. The van der Waals surface area contributed by atoms with E-state index in [9.17, 15) is 9.59 Å². The second-order valence-electron chi connectivity index (χ2n) is 13.6. The summed E-state index contributed by atoms with van der Waals surface area (Å²) in [6.07, 6.45) is 11.3. The molecule has 0 bridgehead atoms. The van der Waals surface area contributed by atoms with Crippen LogP contribution in [0.5, 0.6) is 5.75 Å². The van der Waals surface area contributed by atoms with Gasteiger partial charge >= 0.3 is 0 Å². The molecule has 0 unspecified atom stereocenters. The second-order valence-corrected chi connectivity index (χ2v) is 13.6. The summed E-state index contributed by atoms with van der Waals surface area (Å²) < 4.78 is 23.8. The lowest BCUT2D eigenvalue weighted by Gasteiger charge is -2.21. The molecule has 0 spiro atoms. The van der Waals surface area contributed by atoms with Crippen molar-refractivity contribution >= 4 is 11.0 Å². The van der Waals surface area contributed by atoms with Gasteiger partial charge in [-0.05, 0) is 75.3 Å². The van der Waals surface area contributed by atoms with Crippen LogP contribution in [0, 0.1) is 20.8 Å². The number of hydrogen-bond acceptors (Lipinski definition) is 7. The topological polar surface area (TPSA) is 106 Å². The molecular formula is C40H46N6O5. The number of benzene rings is 2. The molecule has 4 aromatic heterocycles. The van der Waals surface area contributed by atoms with E-state index in [0.717, 1.165) is 86.5 Å². The fourth-order valence-electron chi connectivity index (χ4n) is 7.27. The standard InChI is InChI=1S/C20H23N3O3.C20H23N3O2/c1-14-12-23-18(11-21-19(23)16-6-8-26-9-7-16)20(24)22(14)13-15-4-3-5-17(10-15)25-2;1-14-5-3-4-6-17(14)13-22-15(2)12-23-18(20(22)24)11-21-19(23)16-7-9-25-10-8-16/h3-5,10-12,16H,6-9,13H2,1-2H3;3-6,11-12,16H,7-10,13H2,1-2H3. The Kier molecular flexibility index (Phi) is 10.2. The van der Waals surface area contributed by atoms with Gasteiger partial charge in [-0.15, -0.1) is 0 Å². The molecule has 0 N–H and O–H groups in total. The van der Waals surface area contributed by atoms with Gasteiger partial charge in [0.2, 0.25) is 0 Å². The van der Waals surface area contributed by atoms with E-state index >= 15 is 0 Å². The van der Waals surface area contributed by atoms with Gasteiger partial charge in [0.1, 0.15) is 28.4 Å². The number of rotatable bonds is 7. The van der Waals surface area contributed by atoms with Crippen LogP contribution in [0.15, 0.2) is 82.9 Å². The Bertz CT molecular complexity index is 2270. The predicted molar refractivity (Wildman–Crippen MR) is 196 cm³/mol. The quantitative estimate of drug-likeness (QED) is 0.208. The van der Waals surface area contributed by atoms with Crippen molar-refractivity contribution in [2.75, 3.05) is 33.5 Å². The summed E-state index contributed by atoms with van der Waals surface area (Å²) in [5, 5.41) is 0. The van der Waals surface area contributed by atoms with Gasteiger partial charge in [0.25, 0.3) is 11.1 Å². The molecule has 6 aromatic rings. The summed E-state index contributed by atoms with van der Waals surface area (Å²) in [6.45, 7) is 10.2. The predicted octanol–water partition coefficient (Wildman–Crippen LogP) is 5.81. The van der Waals surface area contributed by atoms with Crippen LogP contribution in [0.1, 0.15) is 77.2 Å². The Morgan fingerprint density at radius 1 is 0.706 bits per heavy atom. The Morgan fingerprint density at radius 2 is 1.24 bits per heavy atom. The summed E-state index contributed by atoms with van der Waals surface area (Å²) in [7, 11) is 1.65. The van der Waals surface area contributed by atoms with E-state index in [1.54, 1.807) is 24.1 Å². The Morgan fingerprint density at radius 3 is 1.76 bits per heavy atom. The zero-order chi connectivity index (χ0) is 35.5. The number of aryl methyl sites for hydroxylation is 3. The molecule has 11 heteroatoms. The highest BCUT2D eigenvalue weighted by molar-refractivity contribution is 5.46. The minimum atomic E-state index is -0.0152. The molecule has 0 amide bonds. The molecule has 2 aromatic carbocycles. The van der Waals surface area contributed by atoms with Gasteiger partial charge in [-0.25, -0.2) is 9.97 Å². The molecule has 0 atom stereocenters. The summed E-state index contributed by atoms with van der Waals surface area (Å²) >= 11 is 0. The van der Waals surface area contributed by atoms with E-state index in [-0.39, 0.29) is 11.1 Å². The maximum Gasteiger partial charge on any atom is 0.276 e. The molecule has 0 radical (unpaired) electrons. The zero-order valence-electron chi connectivity index (χ0n) is 29.9. The van der Waals surface area contributed by atoms with E-state index in [1.807, 2.05) is 76.0 Å². The number of imidazole rings is 2. The first-order chi connectivity index (χ1) is 24.8. The van der Waals surface area contributed by atoms with Gasteiger partial charge in [0, 0.05) is 62.0 Å². The first-order valence-electron chi connectivity index (χ1n) is 17.8. The molecule has 51 heavy (non-hydrogen) atoms. The van der Waals surface area contributed by atoms with E-state index < -0.39 is 0 Å². The smallest absolute Gasteiger partial charge is 0.276 e. The summed E-state index contributed by atoms with van der Waals surface area (Å²) in [6, 6.07) is 16.0. The SMILES string of the molecule is COc1cccc(Cn2c(C)cn3c(C4CCOCC4)ncc3c2=O)c1.Cc1ccccc1Cn1c(C)cn2c(C3CCOCC3)ncc2c1=O. The van der Waals surface area contributed by atoms with E-state index in [4.69, 9.17) is 14.2 Å². The monoisotopic (exact) mass is 690 g/mol. The van der Waals surface area contributed by atoms with Crippen molar-refractivity contribution in [1.82, 2.24) is 27.9 Å². The summed E-state index contributed by atoms with van der Waals surface area (Å²) in [5.41, 5.74) is 6.55. The second kappa shape index (κ2) is 15.1. The molecule has 11 nitrogen and oxygen atoms in total. The summed E-state index contributed by atoms with van der Waals surface area (Å²) in [4.78, 5) is 35.2. The lowest BCUT2D eigenvalue weighted by molar-refractivity contribution is 0.0834. The minimum absolute atomic E-state index is 0.0152. The lowest BCUT2D eigenvalue weighted by atomic mass is 10.00. The van der Waals surface area contributed by atoms with E-state index in [0.29, 0.717) is 36.0 Å². The van der Waals surface area contributed by atoms with Crippen LogP contribution in [0.2, 0.25) is 0 Å². The molecule has 8 rings (SSSR count). The zero-order valence-corrected chi connectivity index (χ0v) is 29.9. The average Bonchev–Trinajstić information content (AvgIpc) is 3.78. The van der Waals surface area contributed by atoms with Crippen LogP contribution < -0.4 is 15.9 Å². The number of methoxy groups -OCH3 is 1. The van der Waals surface area contributed by atoms with Crippen LogP contribution in [-0.2, 0) is 22.6 Å². The van der Waals surface area contributed by atoms with Crippen LogP contribution in [0.25, 0.3) is 11.0 Å². The van der Waals surface area contributed by atoms with Crippen molar-refractivity contribution in [3.63, 3.8) is 0 Å². The first-order valence-corrected chi connectivity index (χ1v) is 17.8. The van der Waals surface area contributed by atoms with Crippen LogP contribution in [-0.4, -0.2) is 61.4 Å². The fraction of sp³-hybridized carbons (Fsp3) is 0.400. The molecule has 2 aliphatic heterocycles. The van der Waals surface area contributed by atoms with Crippen molar-refractivity contribution in [2.45, 2.75) is 71.4 Å². The highest BCUT2D eigenvalue weighted by atomic mass is 16.5. The number of fused-ring (bicyclic) bond motifs is 2. The van der Waals surface area contributed by atoms with E-state index in [1.165, 1.54) is 11.1 Å². The summed E-state index contributed by atoms with van der Waals surface area (Å²) in [5.74, 6) is 3.46. The molecule has 2 fully saturated rings. The number of ether oxygens (including phenoxy) is 3. The van der Waals surface area contributed by atoms with Gasteiger partial charge in [0.05, 0.1) is 32.6 Å². The largest absolute Gasteiger partial charge is 0.497 e. The van der Waals surface area contributed by atoms with Crippen molar-refractivity contribution in [3.05, 3.63) is 134 Å². The highest BCUT2D eigenvalue weighted by Gasteiger charge is 2.23. The van der Waals surface area contributed by atoms with Crippen molar-refractivity contribution in [3.8, 4) is 5.75 Å². The lowest BCUT2D eigenvalue weighted by Crippen LogP contribution is -2.25. The highest BCUT2D eigenvalue weighted by Crippen LogP contribution is 2.27. The van der Waals surface area contributed by atoms with Gasteiger partial charge in [-0.3, -0.25) is 18.4 Å². The molecule has 2 saturated heterocycles. The Balaban J connectivity index is 0.000000159. The van der Waals surface area contributed by atoms with Crippen molar-refractivity contribution in [2.24, 2.45) is 0 Å². The third kappa shape index (κ3) is 7.13. The van der Waals surface area contributed by atoms with Crippen LogP contribution in [0.3, 0.4) is 0 Å². The fourth-order valence-corrected chi connectivity index (χ4v) is 7.27. The maximum absolute atomic E-state index is 13.1. The maximum atomic E-state index is 13.1. The van der Waals surface area contributed by atoms with E-state index in [2.05, 4.69) is 29.0 Å². The Hall–Kier alpha value is -5.00. The van der Waals surface area contributed by atoms with Gasteiger partial charge in [-0.1, -0.05) is 36.4 Å².